The summed E-state index contributed by atoms with van der Waals surface area (Å²) in [6, 6.07) is 0. The van der Waals surface area contributed by atoms with E-state index >= 15 is 0 Å². The Bertz CT molecular complexity index is 503. The van der Waals surface area contributed by atoms with Crippen molar-refractivity contribution >= 4 is 12.3 Å². The first kappa shape index (κ1) is 24.6. The molecule has 0 aromatic carbocycles. The molecular formula is C23H36N2O2. The van der Waals surface area contributed by atoms with Gasteiger partial charge in [0, 0.05) is 19.5 Å². The Morgan fingerprint density at radius 2 is 1.26 bits per heavy atom. The molecule has 0 radical (unpaired) electrons. The van der Waals surface area contributed by atoms with Gasteiger partial charge in [-0.05, 0) is 44.9 Å². The van der Waals surface area contributed by atoms with Crippen LogP contribution in [0.3, 0.4) is 0 Å². The minimum atomic E-state index is 0.0371. The Hall–Kier alpha value is -2.36. The molecule has 0 bridgehead atoms. The maximum absolute atomic E-state index is 11.5. The van der Waals surface area contributed by atoms with Crippen LogP contribution in [0.25, 0.3) is 0 Å². The Labute approximate surface area is 165 Å². The molecule has 4 heteroatoms. The van der Waals surface area contributed by atoms with Crippen molar-refractivity contribution in [2.45, 2.75) is 58.3 Å². The smallest absolute Gasteiger partial charge is 0.220 e. The molecule has 0 spiro atoms. The predicted molar refractivity (Wildman–Crippen MR) is 115 cm³/mol. The van der Waals surface area contributed by atoms with E-state index < -0.39 is 0 Å². The highest BCUT2D eigenvalue weighted by atomic mass is 16.1. The van der Waals surface area contributed by atoms with Crippen LogP contribution in [0, 0.1) is 0 Å². The van der Waals surface area contributed by atoms with Crippen LogP contribution in [0.4, 0.5) is 0 Å². The summed E-state index contributed by atoms with van der Waals surface area (Å²) in [4.78, 5) is 21.5. The summed E-state index contributed by atoms with van der Waals surface area (Å²) in [6.07, 6.45) is 29.7. The predicted octanol–water partition coefficient (Wildman–Crippen LogP) is 4.77. The maximum Gasteiger partial charge on any atom is 0.220 e. The Morgan fingerprint density at radius 1 is 0.741 bits per heavy atom. The Morgan fingerprint density at radius 3 is 1.78 bits per heavy atom. The van der Waals surface area contributed by atoms with E-state index in [1.54, 1.807) is 0 Å². The lowest BCUT2D eigenvalue weighted by Crippen LogP contribution is -2.31. The number of carbonyl (C=O) groups is 2. The van der Waals surface area contributed by atoms with Crippen LogP contribution in [0.15, 0.2) is 60.8 Å². The van der Waals surface area contributed by atoms with Gasteiger partial charge in [0.05, 0.1) is 0 Å². The fourth-order valence-corrected chi connectivity index (χ4v) is 2.17. The van der Waals surface area contributed by atoms with E-state index in [1.165, 1.54) is 0 Å². The molecule has 0 rings (SSSR count). The van der Waals surface area contributed by atoms with Gasteiger partial charge in [0.15, 0.2) is 0 Å². The van der Waals surface area contributed by atoms with Crippen molar-refractivity contribution in [1.82, 2.24) is 10.6 Å². The third-order valence-electron chi connectivity index (χ3n) is 3.61. The van der Waals surface area contributed by atoms with E-state index in [1.807, 2.05) is 0 Å². The molecule has 150 valence electrons. The number of nitrogens with one attached hydrogen (secondary N) is 2. The molecule has 0 aromatic rings. The van der Waals surface area contributed by atoms with Crippen LogP contribution in [-0.2, 0) is 9.59 Å². The summed E-state index contributed by atoms with van der Waals surface area (Å²) in [5.74, 6) is 0.0371. The van der Waals surface area contributed by atoms with Crippen LogP contribution in [0.2, 0.25) is 0 Å². The summed E-state index contributed by atoms with van der Waals surface area (Å²) in [7, 11) is 0. The minimum absolute atomic E-state index is 0.0371. The molecule has 0 saturated heterocycles. The Balaban J connectivity index is 3.49. The molecule has 0 atom stereocenters. The molecule has 27 heavy (non-hydrogen) atoms. The molecule has 0 unspecified atom stereocenters. The summed E-state index contributed by atoms with van der Waals surface area (Å²) < 4.78 is 0. The first-order valence-corrected chi connectivity index (χ1v) is 10.00. The van der Waals surface area contributed by atoms with Gasteiger partial charge in [0.25, 0.3) is 0 Å². The molecule has 2 N–H and O–H groups in total. The largest absolute Gasteiger partial charge is 0.357 e. The lowest BCUT2D eigenvalue weighted by molar-refractivity contribution is -0.121. The average Bonchev–Trinajstić information content (AvgIpc) is 2.67. The number of rotatable bonds is 17. The lowest BCUT2D eigenvalue weighted by Gasteiger charge is -2.03. The highest BCUT2D eigenvalue weighted by Gasteiger charge is 1.98. The van der Waals surface area contributed by atoms with E-state index in [4.69, 9.17) is 0 Å². The normalized spacial score (nSPS) is 12.2. The maximum atomic E-state index is 11.5. The van der Waals surface area contributed by atoms with Gasteiger partial charge >= 0.3 is 0 Å². The molecule has 0 heterocycles. The molecule has 0 saturated carbocycles. The van der Waals surface area contributed by atoms with Crippen LogP contribution < -0.4 is 10.6 Å². The van der Waals surface area contributed by atoms with Crippen molar-refractivity contribution in [2.24, 2.45) is 0 Å². The van der Waals surface area contributed by atoms with Gasteiger partial charge in [-0.2, -0.15) is 0 Å². The number of carbonyl (C=O) groups excluding carboxylic acids is 2. The Kier molecular flexibility index (Phi) is 19.8. The number of allylic oxidation sites excluding steroid dienone is 10. The topological polar surface area (TPSA) is 58.2 Å². The van der Waals surface area contributed by atoms with Crippen LogP contribution >= 0.6 is 0 Å². The van der Waals surface area contributed by atoms with Crippen molar-refractivity contribution in [1.29, 1.82) is 0 Å². The molecule has 0 fully saturated rings. The van der Waals surface area contributed by atoms with E-state index in [2.05, 4.69) is 78.3 Å². The van der Waals surface area contributed by atoms with Crippen molar-refractivity contribution in [3.63, 3.8) is 0 Å². The second-order valence-corrected chi connectivity index (χ2v) is 6.02. The van der Waals surface area contributed by atoms with Crippen molar-refractivity contribution in [3.8, 4) is 0 Å². The van der Waals surface area contributed by atoms with Gasteiger partial charge in [0.2, 0.25) is 12.3 Å². The van der Waals surface area contributed by atoms with Gasteiger partial charge in [-0.1, -0.05) is 67.7 Å². The first-order valence-electron chi connectivity index (χ1n) is 10.00. The van der Waals surface area contributed by atoms with Crippen molar-refractivity contribution in [2.75, 3.05) is 13.1 Å². The fraction of sp³-hybridized carbons (Fsp3) is 0.478. The van der Waals surface area contributed by atoms with Crippen LogP contribution in [0.1, 0.15) is 58.3 Å². The lowest BCUT2D eigenvalue weighted by atomic mass is 10.2. The standard InChI is InChI=1S/C23H36N2O2/c1-2-3-4-5-6-7-8-9-10-11-12-13-14-15-16-17-18-19-23(27)25-21-20-24-22-26/h3-4,6-7,9-10,12-13,15-16,22H,2,5,8,11,14,17-21H2,1H3,(H,24,26)(H,25,27)/b4-3-,7-6-,10-9-,13-12-,16-15-. The van der Waals surface area contributed by atoms with Gasteiger partial charge < -0.3 is 10.6 Å². The minimum Gasteiger partial charge on any atom is -0.357 e. The van der Waals surface area contributed by atoms with E-state index in [0.717, 1.165) is 44.9 Å². The highest BCUT2D eigenvalue weighted by molar-refractivity contribution is 5.75. The fourth-order valence-electron chi connectivity index (χ4n) is 2.17. The highest BCUT2D eigenvalue weighted by Crippen LogP contribution is 1.99. The summed E-state index contributed by atoms with van der Waals surface area (Å²) in [5.41, 5.74) is 0. The van der Waals surface area contributed by atoms with Crippen molar-refractivity contribution < 1.29 is 9.59 Å². The zero-order chi connectivity index (χ0) is 19.8. The molecule has 0 aliphatic rings. The van der Waals surface area contributed by atoms with Gasteiger partial charge in [-0.25, -0.2) is 0 Å². The van der Waals surface area contributed by atoms with Crippen molar-refractivity contribution in [3.05, 3.63) is 60.8 Å². The monoisotopic (exact) mass is 372 g/mol. The van der Waals surface area contributed by atoms with E-state index in [-0.39, 0.29) is 5.91 Å². The van der Waals surface area contributed by atoms with E-state index in [0.29, 0.717) is 25.9 Å². The third kappa shape index (κ3) is 21.6. The molecular weight excluding hydrogens is 336 g/mol. The second kappa shape index (κ2) is 21.7. The van der Waals surface area contributed by atoms with Gasteiger partial charge in [-0.3, -0.25) is 9.59 Å². The third-order valence-corrected chi connectivity index (χ3v) is 3.61. The first-order chi connectivity index (χ1) is 13.3. The van der Waals surface area contributed by atoms with Gasteiger partial charge in [0.1, 0.15) is 0 Å². The summed E-state index contributed by atoms with van der Waals surface area (Å²) in [6.45, 7) is 3.11. The van der Waals surface area contributed by atoms with Gasteiger partial charge in [-0.15, -0.1) is 0 Å². The number of unbranched alkanes of at least 4 members (excludes halogenated alkanes) is 1. The zero-order valence-corrected chi connectivity index (χ0v) is 16.7. The SMILES string of the molecule is CC/C=C\C/C=C\C/C=C\C/C=C\C/C=C\CCCC(=O)NCCNC=O. The molecule has 0 aliphatic heterocycles. The number of amides is 2. The quantitative estimate of drug-likeness (QED) is 0.219. The number of hydrogen-bond acceptors (Lipinski definition) is 2. The van der Waals surface area contributed by atoms with Crippen LogP contribution in [-0.4, -0.2) is 25.4 Å². The zero-order valence-electron chi connectivity index (χ0n) is 16.7. The summed E-state index contributed by atoms with van der Waals surface area (Å²) in [5, 5.41) is 5.27. The average molecular weight is 373 g/mol. The van der Waals surface area contributed by atoms with E-state index in [9.17, 15) is 9.59 Å². The van der Waals surface area contributed by atoms with Crippen LogP contribution in [0.5, 0.6) is 0 Å². The molecule has 2 amide bonds. The second-order valence-electron chi connectivity index (χ2n) is 6.02. The molecule has 4 nitrogen and oxygen atoms in total. The molecule has 0 aromatic heterocycles. The number of hydrogen-bond donors (Lipinski definition) is 2. The summed E-state index contributed by atoms with van der Waals surface area (Å²) >= 11 is 0. The molecule has 0 aliphatic carbocycles.